The van der Waals surface area contributed by atoms with Crippen LogP contribution in [0.5, 0.6) is 5.75 Å². The van der Waals surface area contributed by atoms with Gasteiger partial charge >= 0.3 is 0 Å². The van der Waals surface area contributed by atoms with Crippen molar-refractivity contribution < 1.29 is 9.53 Å². The molecule has 88 valence electrons. The van der Waals surface area contributed by atoms with E-state index in [0.717, 1.165) is 23.3 Å². The molecule has 1 aromatic carbocycles. The Labute approximate surface area is 97.6 Å². The van der Waals surface area contributed by atoms with Crippen LogP contribution in [0.15, 0.2) is 18.2 Å². The first-order valence-electron chi connectivity index (χ1n) is 5.77. The van der Waals surface area contributed by atoms with E-state index < -0.39 is 0 Å². The molecule has 1 rings (SSSR count). The van der Waals surface area contributed by atoms with E-state index in [9.17, 15) is 4.79 Å². The van der Waals surface area contributed by atoms with E-state index in [4.69, 9.17) is 4.74 Å². The van der Waals surface area contributed by atoms with Gasteiger partial charge in [-0.15, -0.1) is 0 Å². The summed E-state index contributed by atoms with van der Waals surface area (Å²) in [6, 6.07) is 6.02. The summed E-state index contributed by atoms with van der Waals surface area (Å²) in [5.74, 6) is 1.07. The van der Waals surface area contributed by atoms with Crippen molar-refractivity contribution in [2.45, 2.75) is 34.1 Å². The summed E-state index contributed by atoms with van der Waals surface area (Å²) in [7, 11) is 0. The van der Waals surface area contributed by atoms with Gasteiger partial charge in [0.2, 0.25) is 0 Å². The number of aryl methyl sites for hydroxylation is 2. The lowest BCUT2D eigenvalue weighted by atomic mass is 10.0. The van der Waals surface area contributed by atoms with Crippen LogP contribution in [0, 0.1) is 19.8 Å². The van der Waals surface area contributed by atoms with Crippen molar-refractivity contribution >= 4 is 5.78 Å². The first-order valence-corrected chi connectivity index (χ1v) is 5.77. The molecule has 0 bridgehead atoms. The summed E-state index contributed by atoms with van der Waals surface area (Å²) in [6.45, 7) is 8.14. The average molecular weight is 220 g/mol. The molecule has 0 radical (unpaired) electrons. The smallest absolute Gasteiger partial charge is 0.172 e. The van der Waals surface area contributed by atoms with Crippen LogP contribution in [0.1, 0.15) is 31.4 Å². The fraction of sp³-hybridized carbons (Fsp3) is 0.500. The lowest BCUT2D eigenvalue weighted by Crippen LogP contribution is -2.18. The van der Waals surface area contributed by atoms with Gasteiger partial charge in [-0.05, 0) is 37.5 Å². The van der Waals surface area contributed by atoms with Gasteiger partial charge in [-0.3, -0.25) is 4.79 Å². The monoisotopic (exact) mass is 220 g/mol. The van der Waals surface area contributed by atoms with E-state index >= 15 is 0 Å². The van der Waals surface area contributed by atoms with Crippen LogP contribution in [0.25, 0.3) is 0 Å². The summed E-state index contributed by atoms with van der Waals surface area (Å²) < 4.78 is 5.55. The van der Waals surface area contributed by atoms with Gasteiger partial charge in [0, 0.05) is 5.92 Å². The Balaban J connectivity index is 2.61. The lowest BCUT2D eigenvalue weighted by Gasteiger charge is -2.11. The highest BCUT2D eigenvalue weighted by atomic mass is 16.5. The minimum atomic E-state index is 0.0881. The molecular formula is C14H20O2. The Morgan fingerprint density at radius 1 is 1.38 bits per heavy atom. The zero-order chi connectivity index (χ0) is 12.1. The predicted octanol–water partition coefficient (Wildman–Crippen LogP) is 3.30. The van der Waals surface area contributed by atoms with Crippen molar-refractivity contribution in [1.82, 2.24) is 0 Å². The third kappa shape index (κ3) is 3.37. The van der Waals surface area contributed by atoms with Gasteiger partial charge in [-0.2, -0.15) is 0 Å². The van der Waals surface area contributed by atoms with Gasteiger partial charge in [0.1, 0.15) is 12.4 Å². The summed E-state index contributed by atoms with van der Waals surface area (Å²) in [4.78, 5) is 11.6. The second-order valence-electron chi connectivity index (χ2n) is 4.33. The molecule has 0 aliphatic rings. The highest BCUT2D eigenvalue weighted by Crippen LogP contribution is 2.19. The van der Waals surface area contributed by atoms with Crippen LogP contribution < -0.4 is 4.74 Å². The summed E-state index contributed by atoms with van der Waals surface area (Å²) in [6.07, 6.45) is 0.870. The summed E-state index contributed by atoms with van der Waals surface area (Å²) in [5, 5.41) is 0. The molecule has 0 amide bonds. The average Bonchev–Trinajstić information content (AvgIpc) is 2.28. The van der Waals surface area contributed by atoms with Crippen molar-refractivity contribution in [2.75, 3.05) is 6.61 Å². The van der Waals surface area contributed by atoms with Gasteiger partial charge in [0.05, 0.1) is 0 Å². The normalized spacial score (nSPS) is 12.2. The van der Waals surface area contributed by atoms with E-state index in [1.165, 1.54) is 0 Å². The molecule has 16 heavy (non-hydrogen) atoms. The second-order valence-corrected chi connectivity index (χ2v) is 4.33. The first-order chi connectivity index (χ1) is 7.54. The molecule has 0 aromatic heterocycles. The number of ether oxygens (including phenoxy) is 1. The molecular weight excluding hydrogens is 200 g/mol. The number of hydrogen-bond donors (Lipinski definition) is 0. The SMILES string of the molecule is CCC(C)C(=O)COc1cc(C)ccc1C. The Kier molecular flexibility index (Phi) is 4.53. The molecule has 0 aliphatic heterocycles. The Morgan fingerprint density at radius 3 is 2.69 bits per heavy atom. The minimum absolute atomic E-state index is 0.0881. The molecule has 1 unspecified atom stereocenters. The van der Waals surface area contributed by atoms with Crippen molar-refractivity contribution in [3.8, 4) is 5.75 Å². The third-order valence-corrected chi connectivity index (χ3v) is 2.88. The van der Waals surface area contributed by atoms with E-state index in [1.54, 1.807) is 0 Å². The molecule has 0 N–H and O–H groups in total. The quantitative estimate of drug-likeness (QED) is 0.761. The highest BCUT2D eigenvalue weighted by Gasteiger charge is 2.11. The van der Waals surface area contributed by atoms with Gasteiger partial charge in [0.25, 0.3) is 0 Å². The van der Waals surface area contributed by atoms with Gasteiger partial charge in [-0.1, -0.05) is 26.0 Å². The molecule has 0 spiro atoms. The van der Waals surface area contributed by atoms with E-state index in [1.807, 2.05) is 45.9 Å². The zero-order valence-corrected chi connectivity index (χ0v) is 10.5. The molecule has 1 aromatic rings. The molecule has 2 heteroatoms. The summed E-state index contributed by atoms with van der Waals surface area (Å²) in [5.41, 5.74) is 2.22. The van der Waals surface area contributed by atoms with Crippen molar-refractivity contribution in [2.24, 2.45) is 5.92 Å². The van der Waals surface area contributed by atoms with Crippen LogP contribution in [-0.2, 0) is 4.79 Å². The van der Waals surface area contributed by atoms with Crippen LogP contribution in [0.3, 0.4) is 0 Å². The number of ketones is 1. The van der Waals surface area contributed by atoms with Crippen molar-refractivity contribution in [3.63, 3.8) is 0 Å². The minimum Gasteiger partial charge on any atom is -0.486 e. The maximum Gasteiger partial charge on any atom is 0.172 e. The van der Waals surface area contributed by atoms with E-state index in [-0.39, 0.29) is 18.3 Å². The number of rotatable bonds is 5. The van der Waals surface area contributed by atoms with E-state index in [0.29, 0.717) is 0 Å². The standard InChI is InChI=1S/C14H20O2/c1-5-11(3)13(15)9-16-14-8-10(2)6-7-12(14)4/h6-8,11H,5,9H2,1-4H3. The van der Waals surface area contributed by atoms with Crippen LogP contribution >= 0.6 is 0 Å². The Morgan fingerprint density at radius 2 is 2.06 bits per heavy atom. The Bertz CT molecular complexity index is 369. The maximum absolute atomic E-state index is 11.6. The third-order valence-electron chi connectivity index (χ3n) is 2.88. The van der Waals surface area contributed by atoms with Gasteiger partial charge in [-0.25, -0.2) is 0 Å². The van der Waals surface area contributed by atoms with Crippen molar-refractivity contribution in [1.29, 1.82) is 0 Å². The first kappa shape index (κ1) is 12.8. The fourth-order valence-corrected chi connectivity index (χ4v) is 1.38. The molecule has 2 nitrogen and oxygen atoms in total. The molecule has 0 heterocycles. The predicted molar refractivity (Wildman–Crippen MR) is 65.9 cm³/mol. The van der Waals surface area contributed by atoms with Gasteiger partial charge < -0.3 is 4.74 Å². The molecule has 0 saturated heterocycles. The Hall–Kier alpha value is -1.31. The van der Waals surface area contributed by atoms with Crippen LogP contribution in [0.4, 0.5) is 0 Å². The fourth-order valence-electron chi connectivity index (χ4n) is 1.38. The van der Waals surface area contributed by atoms with Crippen LogP contribution in [0.2, 0.25) is 0 Å². The highest BCUT2D eigenvalue weighted by molar-refractivity contribution is 5.82. The lowest BCUT2D eigenvalue weighted by molar-refractivity contribution is -0.124. The number of Topliss-reactive ketones (excluding diaryl/α,β-unsaturated/α-hetero) is 1. The number of benzene rings is 1. The molecule has 0 saturated carbocycles. The van der Waals surface area contributed by atoms with Crippen molar-refractivity contribution in [3.05, 3.63) is 29.3 Å². The number of carbonyl (C=O) groups excluding carboxylic acids is 1. The second kappa shape index (κ2) is 5.69. The largest absolute Gasteiger partial charge is 0.486 e. The maximum atomic E-state index is 11.6. The zero-order valence-electron chi connectivity index (χ0n) is 10.5. The molecule has 1 atom stereocenters. The number of hydrogen-bond acceptors (Lipinski definition) is 2. The van der Waals surface area contributed by atoms with Gasteiger partial charge in [0.15, 0.2) is 5.78 Å². The molecule has 0 fully saturated rings. The summed E-state index contributed by atoms with van der Waals surface area (Å²) >= 11 is 0. The molecule has 0 aliphatic carbocycles. The van der Waals surface area contributed by atoms with Crippen LogP contribution in [-0.4, -0.2) is 12.4 Å². The topological polar surface area (TPSA) is 26.3 Å². The van der Waals surface area contributed by atoms with E-state index in [2.05, 4.69) is 0 Å². The number of carbonyl (C=O) groups is 1.